The van der Waals surface area contributed by atoms with E-state index in [1.54, 1.807) is 16.8 Å². The number of H-pyrrole nitrogens is 2. The van der Waals surface area contributed by atoms with E-state index in [9.17, 15) is 9.90 Å². The van der Waals surface area contributed by atoms with Gasteiger partial charge in [-0.3, -0.25) is 4.98 Å². The number of aryl methyl sites for hydroxylation is 2. The minimum Gasteiger partial charge on any atom is -0.493 e. The molecule has 1 aliphatic rings. The lowest BCUT2D eigenvalue weighted by Gasteiger charge is -2.11. The van der Waals surface area contributed by atoms with Gasteiger partial charge in [-0.05, 0) is 49.5 Å². The van der Waals surface area contributed by atoms with Crippen molar-refractivity contribution in [3.63, 3.8) is 0 Å². The predicted octanol–water partition coefficient (Wildman–Crippen LogP) is 0.686. The van der Waals surface area contributed by atoms with E-state index in [2.05, 4.69) is 61.3 Å². The van der Waals surface area contributed by atoms with E-state index >= 15 is 0 Å². The van der Waals surface area contributed by atoms with E-state index in [0.29, 0.717) is 29.0 Å². The topological polar surface area (TPSA) is 136 Å². The van der Waals surface area contributed by atoms with Crippen molar-refractivity contribution in [1.82, 2.24) is 29.5 Å². The van der Waals surface area contributed by atoms with Crippen LogP contribution in [-0.2, 0) is 6.54 Å². The molecule has 0 atom stereocenters. The normalized spacial score (nSPS) is 15.2. The maximum absolute atomic E-state index is 11.5. The van der Waals surface area contributed by atoms with Gasteiger partial charge in [0, 0.05) is 11.8 Å². The number of benzene rings is 1. The second-order valence-corrected chi connectivity index (χ2v) is 7.75. The van der Waals surface area contributed by atoms with Crippen LogP contribution < -0.4 is 21.8 Å². The fourth-order valence-electron chi connectivity index (χ4n) is 3.45. The molecule has 1 fully saturated rings. The Morgan fingerprint density at radius 3 is 2.71 bits per heavy atom. The Bertz CT molecular complexity index is 1440. The summed E-state index contributed by atoms with van der Waals surface area (Å²) in [5, 5.41) is 18.2. The zero-order valence-electron chi connectivity index (χ0n) is 17.2. The molecule has 1 saturated carbocycles. The number of imidazole rings is 1. The fourth-order valence-corrected chi connectivity index (χ4v) is 3.45. The molecule has 0 unspecified atom stereocenters. The van der Waals surface area contributed by atoms with E-state index in [1.807, 2.05) is 6.07 Å². The highest BCUT2D eigenvalue weighted by atomic mass is 16.3. The van der Waals surface area contributed by atoms with Gasteiger partial charge in [0.15, 0.2) is 5.65 Å². The second-order valence-electron chi connectivity index (χ2n) is 7.75. The fraction of sp³-hybridized carbons (Fsp3) is 0.286. The SMILES string of the molecule is Cc1cccc(C)c1CNc1nc(=NC2CC2)n2nc/c(=C\c3[nH]c(=O)[nH]c3O)c2n1. The first-order chi connectivity index (χ1) is 15.0. The van der Waals surface area contributed by atoms with Gasteiger partial charge in [-0.15, -0.1) is 0 Å². The first-order valence-corrected chi connectivity index (χ1v) is 10.1. The summed E-state index contributed by atoms with van der Waals surface area (Å²) in [5.41, 5.74) is 4.35. The van der Waals surface area contributed by atoms with Gasteiger partial charge < -0.3 is 15.4 Å². The van der Waals surface area contributed by atoms with Crippen LogP contribution in [0.5, 0.6) is 5.88 Å². The zero-order valence-corrected chi connectivity index (χ0v) is 17.2. The second kappa shape index (κ2) is 7.38. The summed E-state index contributed by atoms with van der Waals surface area (Å²) in [4.78, 5) is 30.2. The van der Waals surface area contributed by atoms with E-state index in [0.717, 1.165) is 12.8 Å². The molecule has 1 aromatic carbocycles. The lowest BCUT2D eigenvalue weighted by Crippen LogP contribution is -2.25. The number of nitrogens with one attached hydrogen (secondary N) is 3. The third kappa shape index (κ3) is 3.79. The van der Waals surface area contributed by atoms with Crippen molar-refractivity contribution >= 4 is 17.7 Å². The van der Waals surface area contributed by atoms with Crippen LogP contribution in [0.25, 0.3) is 11.7 Å². The van der Waals surface area contributed by atoms with Gasteiger partial charge in [0.2, 0.25) is 11.8 Å². The average molecular weight is 418 g/mol. The molecule has 31 heavy (non-hydrogen) atoms. The van der Waals surface area contributed by atoms with E-state index in [-0.39, 0.29) is 17.6 Å². The summed E-state index contributed by atoms with van der Waals surface area (Å²) in [6.45, 7) is 4.74. The van der Waals surface area contributed by atoms with Gasteiger partial charge in [-0.1, -0.05) is 18.2 Å². The number of rotatable bonds is 5. The maximum atomic E-state index is 11.5. The van der Waals surface area contributed by atoms with Crippen molar-refractivity contribution in [2.45, 2.75) is 39.3 Å². The molecule has 3 aromatic heterocycles. The number of hydrogen-bond donors (Lipinski definition) is 4. The number of hydrogen-bond acceptors (Lipinski definition) is 7. The van der Waals surface area contributed by atoms with Crippen molar-refractivity contribution in [3.8, 4) is 5.88 Å². The van der Waals surface area contributed by atoms with Gasteiger partial charge in [0.25, 0.3) is 5.62 Å². The number of aromatic hydroxyl groups is 1. The van der Waals surface area contributed by atoms with Crippen molar-refractivity contribution in [2.75, 3.05) is 5.32 Å². The molecular weight excluding hydrogens is 396 g/mol. The molecule has 0 aliphatic heterocycles. The quantitative estimate of drug-likeness (QED) is 0.376. The van der Waals surface area contributed by atoms with Crippen LogP contribution in [-0.4, -0.2) is 40.7 Å². The third-order valence-electron chi connectivity index (χ3n) is 5.33. The molecule has 0 bridgehead atoms. The van der Waals surface area contributed by atoms with Crippen LogP contribution in [0.2, 0.25) is 0 Å². The average Bonchev–Trinajstić information content (AvgIpc) is 3.36. The smallest absolute Gasteiger partial charge is 0.326 e. The standard InChI is InChI=1S/C21H22N8O2/c1-11-4-3-5-12(2)15(11)10-22-19-26-17-13(8-16-18(30)27-21(31)25-16)9-23-29(17)20(28-19)24-14-6-7-14/h3-5,8-9,14,30H,6-7,10H2,1-2H3,(H,22,24,28)(H2,25,27,31)/b13-8+. The van der Waals surface area contributed by atoms with Gasteiger partial charge in [-0.2, -0.15) is 19.6 Å². The van der Waals surface area contributed by atoms with E-state index < -0.39 is 5.69 Å². The third-order valence-corrected chi connectivity index (χ3v) is 5.33. The molecule has 1 aliphatic carbocycles. The Kier molecular flexibility index (Phi) is 4.54. The van der Waals surface area contributed by atoms with Crippen LogP contribution in [0, 0.1) is 13.8 Å². The molecule has 4 aromatic rings. The molecule has 4 N–H and O–H groups in total. The molecule has 5 rings (SSSR count). The van der Waals surface area contributed by atoms with Crippen molar-refractivity contribution in [1.29, 1.82) is 0 Å². The lowest BCUT2D eigenvalue weighted by atomic mass is 10.0. The van der Waals surface area contributed by atoms with Gasteiger partial charge in [-0.25, -0.2) is 9.79 Å². The highest BCUT2D eigenvalue weighted by Crippen LogP contribution is 2.22. The zero-order chi connectivity index (χ0) is 21.5. The minimum atomic E-state index is -0.491. The molecule has 0 saturated heterocycles. The first-order valence-electron chi connectivity index (χ1n) is 10.1. The Morgan fingerprint density at radius 1 is 1.26 bits per heavy atom. The Labute approximate surface area is 176 Å². The van der Waals surface area contributed by atoms with Gasteiger partial charge in [0.05, 0.1) is 12.2 Å². The number of anilines is 1. The number of aromatic nitrogens is 6. The summed E-state index contributed by atoms with van der Waals surface area (Å²) in [7, 11) is 0. The largest absolute Gasteiger partial charge is 0.493 e. The molecule has 10 nitrogen and oxygen atoms in total. The number of aromatic amines is 2. The molecule has 10 heteroatoms. The maximum Gasteiger partial charge on any atom is 0.326 e. The van der Waals surface area contributed by atoms with Crippen molar-refractivity contribution in [3.05, 3.63) is 68.1 Å². The first kappa shape index (κ1) is 19.0. The molecular formula is C21H22N8O2. The van der Waals surface area contributed by atoms with Crippen LogP contribution in [0.15, 0.2) is 34.2 Å². The number of nitrogens with zero attached hydrogens (tertiary/aromatic N) is 5. The summed E-state index contributed by atoms with van der Waals surface area (Å²) in [6, 6.07) is 6.45. The summed E-state index contributed by atoms with van der Waals surface area (Å²) in [6.07, 6.45) is 5.29. The van der Waals surface area contributed by atoms with Crippen LogP contribution in [0.4, 0.5) is 5.95 Å². The Morgan fingerprint density at radius 2 is 2.03 bits per heavy atom. The molecule has 3 heterocycles. The lowest BCUT2D eigenvalue weighted by molar-refractivity contribution is 0.454. The summed E-state index contributed by atoms with van der Waals surface area (Å²) >= 11 is 0. The molecule has 158 valence electrons. The molecule has 0 radical (unpaired) electrons. The number of fused-ring (bicyclic) bond motifs is 1. The van der Waals surface area contributed by atoms with E-state index in [1.165, 1.54) is 16.7 Å². The van der Waals surface area contributed by atoms with Gasteiger partial charge >= 0.3 is 5.69 Å². The van der Waals surface area contributed by atoms with Crippen molar-refractivity contribution < 1.29 is 5.11 Å². The van der Waals surface area contributed by atoms with E-state index in [4.69, 9.17) is 0 Å². The van der Waals surface area contributed by atoms with Crippen molar-refractivity contribution in [2.24, 2.45) is 4.99 Å². The minimum absolute atomic E-state index is 0.241. The van der Waals surface area contributed by atoms with Crippen LogP contribution >= 0.6 is 0 Å². The highest BCUT2D eigenvalue weighted by molar-refractivity contribution is 5.57. The monoisotopic (exact) mass is 418 g/mol. The summed E-state index contributed by atoms with van der Waals surface area (Å²) in [5.74, 6) is 0.200. The Balaban J connectivity index is 1.60. The molecule has 0 amide bonds. The molecule has 0 spiro atoms. The summed E-state index contributed by atoms with van der Waals surface area (Å²) < 4.78 is 1.58. The van der Waals surface area contributed by atoms with Crippen LogP contribution in [0.1, 0.15) is 35.2 Å². The van der Waals surface area contributed by atoms with Crippen LogP contribution in [0.3, 0.4) is 0 Å². The van der Waals surface area contributed by atoms with Gasteiger partial charge in [0.1, 0.15) is 5.69 Å². The Hall–Kier alpha value is -3.95. The predicted molar refractivity (Wildman–Crippen MR) is 114 cm³/mol. The highest BCUT2D eigenvalue weighted by Gasteiger charge is 2.21.